The molecule has 0 bridgehead atoms. The number of hydrogen-bond acceptors (Lipinski definition) is 4. The van der Waals surface area contributed by atoms with Crippen LogP contribution in [0.2, 0.25) is 0 Å². The third-order valence-corrected chi connectivity index (χ3v) is 3.11. The monoisotopic (exact) mass is 294 g/mol. The highest BCUT2D eigenvalue weighted by molar-refractivity contribution is 5.68. The zero-order chi connectivity index (χ0) is 15.8. The van der Waals surface area contributed by atoms with Crippen molar-refractivity contribution in [1.29, 1.82) is 0 Å². The highest BCUT2D eigenvalue weighted by atomic mass is 16.5. The van der Waals surface area contributed by atoms with Crippen molar-refractivity contribution in [2.24, 2.45) is 0 Å². The Bertz CT molecular complexity index is 461. The maximum absolute atomic E-state index is 10.7. The van der Waals surface area contributed by atoms with Gasteiger partial charge in [0.05, 0.1) is 18.7 Å². The molecule has 1 rings (SSSR count). The molecule has 0 aliphatic carbocycles. The van der Waals surface area contributed by atoms with Gasteiger partial charge in [-0.2, -0.15) is 0 Å². The molecule has 0 aliphatic heterocycles. The summed E-state index contributed by atoms with van der Waals surface area (Å²) in [6.07, 6.45) is 0.110. The smallest absolute Gasteiger partial charge is 0.305 e. The van der Waals surface area contributed by atoms with Crippen LogP contribution in [0.5, 0.6) is 5.75 Å². The Morgan fingerprint density at radius 1 is 1.43 bits per heavy atom. The fourth-order valence-electron chi connectivity index (χ4n) is 1.96. The predicted octanol–water partition coefficient (Wildman–Crippen LogP) is 2.49. The number of rotatable bonds is 9. The Hall–Kier alpha value is -1.75. The number of carbonyl (C=O) groups is 1. The van der Waals surface area contributed by atoms with Crippen molar-refractivity contribution in [2.45, 2.75) is 39.8 Å². The molecule has 2 N–H and O–H groups in total. The van der Waals surface area contributed by atoms with Crippen molar-refractivity contribution in [3.05, 3.63) is 23.8 Å². The molecule has 0 aliphatic rings. The number of carboxylic acids is 1. The van der Waals surface area contributed by atoms with Crippen molar-refractivity contribution < 1.29 is 14.6 Å². The van der Waals surface area contributed by atoms with E-state index in [1.807, 2.05) is 37.1 Å². The molecule has 0 radical (unpaired) electrons. The van der Waals surface area contributed by atoms with Gasteiger partial charge in [-0.25, -0.2) is 0 Å². The molecule has 0 fully saturated rings. The quantitative estimate of drug-likeness (QED) is 0.732. The summed E-state index contributed by atoms with van der Waals surface area (Å²) in [6, 6.07) is 6.48. The van der Waals surface area contributed by atoms with E-state index in [0.29, 0.717) is 19.2 Å². The molecule has 0 spiro atoms. The minimum atomic E-state index is -0.794. The number of nitrogens with one attached hydrogen (secondary N) is 1. The highest BCUT2D eigenvalue weighted by Crippen LogP contribution is 2.29. The molecular weight excluding hydrogens is 268 g/mol. The molecule has 1 aromatic rings. The molecular formula is C16H26N2O3. The summed E-state index contributed by atoms with van der Waals surface area (Å²) in [5.41, 5.74) is 2.08. The minimum Gasteiger partial charge on any atom is -0.492 e. The van der Waals surface area contributed by atoms with Crippen LogP contribution in [0.4, 0.5) is 5.69 Å². The van der Waals surface area contributed by atoms with Crippen molar-refractivity contribution in [1.82, 2.24) is 5.32 Å². The van der Waals surface area contributed by atoms with Crippen LogP contribution < -0.4 is 15.0 Å². The van der Waals surface area contributed by atoms with Gasteiger partial charge in [0.1, 0.15) is 5.75 Å². The lowest BCUT2D eigenvalue weighted by atomic mass is 10.1. The average molecular weight is 294 g/mol. The third kappa shape index (κ3) is 6.04. The van der Waals surface area contributed by atoms with Crippen LogP contribution in [-0.4, -0.2) is 37.3 Å². The summed E-state index contributed by atoms with van der Waals surface area (Å²) in [5, 5.41) is 12.2. The first-order valence-electron chi connectivity index (χ1n) is 7.36. The van der Waals surface area contributed by atoms with Gasteiger partial charge >= 0.3 is 5.97 Å². The number of aliphatic carboxylic acids is 1. The molecule has 0 saturated carbocycles. The van der Waals surface area contributed by atoms with Crippen LogP contribution in [0.25, 0.3) is 0 Å². The normalized spacial score (nSPS) is 10.7. The van der Waals surface area contributed by atoms with Crippen LogP contribution in [0.1, 0.15) is 32.8 Å². The van der Waals surface area contributed by atoms with Gasteiger partial charge in [-0.05, 0) is 24.6 Å². The molecule has 5 heteroatoms. The van der Waals surface area contributed by atoms with Gasteiger partial charge in [0.15, 0.2) is 0 Å². The number of hydrogen-bond donors (Lipinski definition) is 2. The van der Waals surface area contributed by atoms with E-state index in [9.17, 15) is 4.79 Å². The predicted molar refractivity (Wildman–Crippen MR) is 85.1 cm³/mol. The Balaban J connectivity index is 2.84. The zero-order valence-electron chi connectivity index (χ0n) is 13.3. The maximum Gasteiger partial charge on any atom is 0.305 e. The van der Waals surface area contributed by atoms with Crippen molar-refractivity contribution in [3.63, 3.8) is 0 Å². The molecule has 0 aromatic heterocycles. The summed E-state index contributed by atoms with van der Waals surface area (Å²) in [7, 11) is 1.88. The molecule has 0 heterocycles. The Morgan fingerprint density at radius 2 is 2.14 bits per heavy atom. The second kappa shape index (κ2) is 8.52. The number of benzene rings is 1. The fraction of sp³-hybridized carbons (Fsp3) is 0.562. The third-order valence-electron chi connectivity index (χ3n) is 3.11. The van der Waals surface area contributed by atoms with E-state index < -0.39 is 5.97 Å². The van der Waals surface area contributed by atoms with Gasteiger partial charge in [-0.3, -0.25) is 4.79 Å². The van der Waals surface area contributed by atoms with E-state index in [0.717, 1.165) is 23.5 Å². The molecule has 1 aromatic carbocycles. The van der Waals surface area contributed by atoms with E-state index in [-0.39, 0.29) is 6.42 Å². The Kier molecular flexibility index (Phi) is 7.02. The van der Waals surface area contributed by atoms with E-state index in [1.165, 1.54) is 0 Å². The fourth-order valence-corrected chi connectivity index (χ4v) is 1.96. The number of carboxylic acid groups (broad SMARTS) is 1. The number of nitrogens with zero attached hydrogens (tertiary/aromatic N) is 1. The van der Waals surface area contributed by atoms with Crippen LogP contribution in [-0.2, 0) is 11.3 Å². The first-order chi connectivity index (χ1) is 9.93. The molecule has 118 valence electrons. The van der Waals surface area contributed by atoms with Gasteiger partial charge < -0.3 is 20.1 Å². The van der Waals surface area contributed by atoms with Gasteiger partial charge in [0, 0.05) is 26.2 Å². The summed E-state index contributed by atoms with van der Waals surface area (Å²) >= 11 is 0. The second-order valence-electron chi connectivity index (χ2n) is 5.34. The van der Waals surface area contributed by atoms with Crippen molar-refractivity contribution in [2.75, 3.05) is 25.1 Å². The van der Waals surface area contributed by atoms with Gasteiger partial charge in [-0.1, -0.05) is 19.9 Å². The Labute approximate surface area is 126 Å². The van der Waals surface area contributed by atoms with E-state index in [2.05, 4.69) is 19.2 Å². The zero-order valence-corrected chi connectivity index (χ0v) is 13.3. The van der Waals surface area contributed by atoms with Crippen LogP contribution >= 0.6 is 0 Å². The summed E-state index contributed by atoms with van der Waals surface area (Å²) in [5.74, 6) is 0.00556. The lowest BCUT2D eigenvalue weighted by Gasteiger charge is -2.22. The molecule has 0 saturated heterocycles. The largest absolute Gasteiger partial charge is 0.492 e. The minimum absolute atomic E-state index is 0.110. The second-order valence-corrected chi connectivity index (χ2v) is 5.34. The SMILES string of the molecule is CCOc1cc(CNC(C)C)ccc1N(C)CCC(=O)O. The summed E-state index contributed by atoms with van der Waals surface area (Å²) < 4.78 is 5.70. The number of ether oxygens (including phenoxy) is 1. The van der Waals surface area contributed by atoms with Crippen molar-refractivity contribution in [3.8, 4) is 5.75 Å². The molecule has 0 atom stereocenters. The summed E-state index contributed by atoms with van der Waals surface area (Å²) in [6.45, 7) is 7.99. The molecule has 5 nitrogen and oxygen atoms in total. The first kappa shape index (κ1) is 17.3. The molecule has 0 amide bonds. The van der Waals surface area contributed by atoms with Gasteiger partial charge in [-0.15, -0.1) is 0 Å². The van der Waals surface area contributed by atoms with Crippen LogP contribution in [0, 0.1) is 0 Å². The maximum atomic E-state index is 10.7. The standard InChI is InChI=1S/C16H26N2O3/c1-5-21-15-10-13(11-17-12(2)3)6-7-14(15)18(4)9-8-16(19)20/h6-7,10,12,17H,5,8-9,11H2,1-4H3,(H,19,20). The molecule has 0 unspecified atom stereocenters. The average Bonchev–Trinajstić information content (AvgIpc) is 2.43. The van der Waals surface area contributed by atoms with E-state index in [4.69, 9.17) is 9.84 Å². The molecule has 21 heavy (non-hydrogen) atoms. The van der Waals surface area contributed by atoms with Gasteiger partial charge in [0.25, 0.3) is 0 Å². The van der Waals surface area contributed by atoms with Crippen molar-refractivity contribution >= 4 is 11.7 Å². The van der Waals surface area contributed by atoms with Crippen LogP contribution in [0.15, 0.2) is 18.2 Å². The van der Waals surface area contributed by atoms with Gasteiger partial charge in [0.2, 0.25) is 0 Å². The van der Waals surface area contributed by atoms with E-state index >= 15 is 0 Å². The first-order valence-corrected chi connectivity index (χ1v) is 7.36. The lowest BCUT2D eigenvalue weighted by Crippen LogP contribution is -2.23. The highest BCUT2D eigenvalue weighted by Gasteiger charge is 2.11. The Morgan fingerprint density at radius 3 is 2.71 bits per heavy atom. The van der Waals surface area contributed by atoms with Crippen LogP contribution in [0.3, 0.4) is 0 Å². The summed E-state index contributed by atoms with van der Waals surface area (Å²) in [4.78, 5) is 12.6. The van der Waals surface area contributed by atoms with E-state index in [1.54, 1.807) is 0 Å². The lowest BCUT2D eigenvalue weighted by molar-refractivity contribution is -0.136. The topological polar surface area (TPSA) is 61.8 Å². The number of anilines is 1.